The van der Waals surface area contributed by atoms with Gasteiger partial charge in [-0.25, -0.2) is 0 Å². The van der Waals surface area contributed by atoms with E-state index in [-0.39, 0.29) is 5.88 Å². The number of aryl methyl sites for hydroxylation is 1. The minimum atomic E-state index is 0.285. The Bertz CT molecular complexity index is 699. The fraction of sp³-hybridized carbons (Fsp3) is 0.176. The maximum absolute atomic E-state index is 6.15. The van der Waals surface area contributed by atoms with Crippen molar-refractivity contribution in [3.05, 3.63) is 63.1 Å². The molecule has 108 valence electrons. The molecule has 2 aromatic carbocycles. The molecule has 0 aliphatic rings. The molecule has 0 atom stereocenters. The Labute approximate surface area is 139 Å². The van der Waals surface area contributed by atoms with Crippen LogP contribution < -0.4 is 4.74 Å². The van der Waals surface area contributed by atoms with E-state index in [4.69, 9.17) is 39.5 Å². The lowest BCUT2D eigenvalue weighted by Crippen LogP contribution is -1.98. The molecule has 1 nitrogen and oxygen atoms in total. The van der Waals surface area contributed by atoms with Gasteiger partial charge in [-0.1, -0.05) is 53.2 Å². The van der Waals surface area contributed by atoms with E-state index in [0.29, 0.717) is 22.4 Å². The molecule has 0 saturated carbocycles. The van der Waals surface area contributed by atoms with Gasteiger partial charge in [-0.05, 0) is 30.7 Å². The number of rotatable bonds is 3. The highest BCUT2D eigenvalue weighted by atomic mass is 35.5. The Kier molecular flexibility index (Phi) is 5.82. The summed E-state index contributed by atoms with van der Waals surface area (Å²) < 4.78 is 5.82. The monoisotopic (exact) mass is 338 g/mol. The summed E-state index contributed by atoms with van der Waals surface area (Å²) in [6, 6.07) is 11.3. The van der Waals surface area contributed by atoms with Crippen LogP contribution in [0.2, 0.25) is 10.0 Å². The van der Waals surface area contributed by atoms with Crippen LogP contribution in [0.4, 0.5) is 0 Å². The molecule has 0 bridgehead atoms. The topological polar surface area (TPSA) is 9.23 Å². The molecular formula is C17H13Cl3O. The van der Waals surface area contributed by atoms with E-state index in [0.717, 1.165) is 16.7 Å². The molecule has 21 heavy (non-hydrogen) atoms. The third-order valence-corrected chi connectivity index (χ3v) is 3.83. The second kappa shape index (κ2) is 7.61. The first kappa shape index (κ1) is 16.0. The molecule has 0 heterocycles. The van der Waals surface area contributed by atoms with E-state index in [9.17, 15) is 0 Å². The quantitative estimate of drug-likeness (QED) is 0.532. The van der Waals surface area contributed by atoms with E-state index >= 15 is 0 Å². The molecule has 0 aliphatic carbocycles. The van der Waals surface area contributed by atoms with E-state index in [1.54, 1.807) is 6.07 Å². The van der Waals surface area contributed by atoms with Gasteiger partial charge in [0.05, 0.1) is 21.5 Å². The molecule has 0 aliphatic heterocycles. The summed E-state index contributed by atoms with van der Waals surface area (Å²) in [5.74, 6) is 6.83. The van der Waals surface area contributed by atoms with Gasteiger partial charge in [0.1, 0.15) is 12.4 Å². The lowest BCUT2D eigenvalue weighted by Gasteiger charge is -2.11. The Hall–Kier alpha value is -1.33. The molecule has 0 spiro atoms. The number of halogens is 3. The molecule has 2 rings (SSSR count). The van der Waals surface area contributed by atoms with Gasteiger partial charge in [0, 0.05) is 5.56 Å². The molecule has 0 N–H and O–H groups in total. The van der Waals surface area contributed by atoms with Crippen LogP contribution in [0.5, 0.6) is 5.75 Å². The van der Waals surface area contributed by atoms with Gasteiger partial charge in [0.25, 0.3) is 0 Å². The first-order valence-corrected chi connectivity index (χ1v) is 7.62. The van der Waals surface area contributed by atoms with E-state index in [1.165, 1.54) is 0 Å². The van der Waals surface area contributed by atoms with Crippen LogP contribution in [0.25, 0.3) is 0 Å². The number of ether oxygens (including phenoxy) is 1. The first-order chi connectivity index (χ1) is 10.1. The fourth-order valence-corrected chi connectivity index (χ4v) is 2.25. The molecule has 0 unspecified atom stereocenters. The predicted octanol–water partition coefficient (Wildman–Crippen LogP) is 5.47. The SMILES string of the molecule is Cc1ccc(OCc2cccc(Cl)c2Cl)c(C#CCCl)c1. The van der Waals surface area contributed by atoms with Crippen molar-refractivity contribution in [3.63, 3.8) is 0 Å². The molecule has 0 fully saturated rings. The van der Waals surface area contributed by atoms with Crippen molar-refractivity contribution in [1.82, 2.24) is 0 Å². The highest BCUT2D eigenvalue weighted by molar-refractivity contribution is 6.42. The summed E-state index contributed by atoms with van der Waals surface area (Å²) in [6.07, 6.45) is 0. The number of hydrogen-bond acceptors (Lipinski definition) is 1. The fourth-order valence-electron chi connectivity index (χ4n) is 1.81. The van der Waals surface area contributed by atoms with Crippen molar-refractivity contribution in [1.29, 1.82) is 0 Å². The molecular weight excluding hydrogens is 327 g/mol. The zero-order chi connectivity index (χ0) is 15.2. The third-order valence-electron chi connectivity index (χ3n) is 2.84. The summed E-state index contributed by atoms with van der Waals surface area (Å²) in [5.41, 5.74) is 2.76. The Morgan fingerprint density at radius 2 is 1.95 bits per heavy atom. The normalized spacial score (nSPS) is 9.90. The van der Waals surface area contributed by atoms with Crippen LogP contribution in [0, 0.1) is 18.8 Å². The summed E-state index contributed by atoms with van der Waals surface area (Å²) in [7, 11) is 0. The van der Waals surface area contributed by atoms with E-state index < -0.39 is 0 Å². The minimum absolute atomic E-state index is 0.285. The van der Waals surface area contributed by atoms with Crippen molar-refractivity contribution >= 4 is 34.8 Å². The Morgan fingerprint density at radius 3 is 2.71 bits per heavy atom. The van der Waals surface area contributed by atoms with E-state index in [2.05, 4.69) is 11.8 Å². The van der Waals surface area contributed by atoms with Crippen LogP contribution >= 0.6 is 34.8 Å². The average molecular weight is 340 g/mol. The Balaban J connectivity index is 2.22. The maximum Gasteiger partial charge on any atom is 0.135 e. The van der Waals surface area contributed by atoms with Crippen LogP contribution in [-0.4, -0.2) is 5.88 Å². The van der Waals surface area contributed by atoms with Crippen molar-refractivity contribution in [3.8, 4) is 17.6 Å². The molecule has 0 amide bonds. The lowest BCUT2D eigenvalue weighted by molar-refractivity contribution is 0.305. The molecule has 0 aromatic heterocycles. The largest absolute Gasteiger partial charge is 0.488 e. The third kappa shape index (κ3) is 4.32. The summed E-state index contributed by atoms with van der Waals surface area (Å²) in [6.45, 7) is 2.33. The minimum Gasteiger partial charge on any atom is -0.488 e. The van der Waals surface area contributed by atoms with Gasteiger partial charge < -0.3 is 4.74 Å². The smallest absolute Gasteiger partial charge is 0.135 e. The van der Waals surface area contributed by atoms with Crippen LogP contribution in [-0.2, 0) is 6.61 Å². The lowest BCUT2D eigenvalue weighted by atomic mass is 10.1. The zero-order valence-corrected chi connectivity index (χ0v) is 13.7. The van der Waals surface area contributed by atoms with Crippen molar-refractivity contribution in [2.45, 2.75) is 13.5 Å². The van der Waals surface area contributed by atoms with Crippen molar-refractivity contribution < 1.29 is 4.74 Å². The van der Waals surface area contributed by atoms with Gasteiger partial charge >= 0.3 is 0 Å². The van der Waals surface area contributed by atoms with Crippen LogP contribution in [0.3, 0.4) is 0 Å². The van der Waals surface area contributed by atoms with E-state index in [1.807, 2.05) is 37.3 Å². The zero-order valence-electron chi connectivity index (χ0n) is 11.4. The molecule has 4 heteroatoms. The standard InChI is InChI=1S/C17H13Cl3O/c1-12-7-8-16(13(10-12)5-3-9-18)21-11-14-4-2-6-15(19)17(14)20/h2,4,6-8,10H,9,11H2,1H3. The number of hydrogen-bond donors (Lipinski definition) is 0. The Morgan fingerprint density at radius 1 is 1.14 bits per heavy atom. The molecule has 0 radical (unpaired) electrons. The van der Waals surface area contributed by atoms with Crippen LogP contribution in [0.1, 0.15) is 16.7 Å². The van der Waals surface area contributed by atoms with Gasteiger partial charge in [0.2, 0.25) is 0 Å². The molecule has 0 saturated heterocycles. The summed E-state index contributed by atoms with van der Waals surface area (Å²) >= 11 is 17.8. The average Bonchev–Trinajstić information content (AvgIpc) is 2.48. The first-order valence-electron chi connectivity index (χ1n) is 6.33. The molecule has 2 aromatic rings. The second-order valence-corrected chi connectivity index (χ2v) is 5.49. The second-order valence-electron chi connectivity index (χ2n) is 4.44. The van der Waals surface area contributed by atoms with Gasteiger partial charge in [0.15, 0.2) is 0 Å². The van der Waals surface area contributed by atoms with Gasteiger partial charge in [-0.2, -0.15) is 0 Å². The number of benzene rings is 2. The highest BCUT2D eigenvalue weighted by Crippen LogP contribution is 2.27. The highest BCUT2D eigenvalue weighted by Gasteiger charge is 2.07. The van der Waals surface area contributed by atoms with Crippen LogP contribution in [0.15, 0.2) is 36.4 Å². The number of alkyl halides is 1. The van der Waals surface area contributed by atoms with Crippen molar-refractivity contribution in [2.75, 3.05) is 5.88 Å². The van der Waals surface area contributed by atoms with Crippen molar-refractivity contribution in [2.24, 2.45) is 0 Å². The maximum atomic E-state index is 6.15. The predicted molar refractivity (Wildman–Crippen MR) is 89.6 cm³/mol. The van der Waals surface area contributed by atoms with Gasteiger partial charge in [-0.3, -0.25) is 0 Å². The van der Waals surface area contributed by atoms with Gasteiger partial charge in [-0.15, -0.1) is 11.6 Å². The summed E-state index contributed by atoms with van der Waals surface area (Å²) in [4.78, 5) is 0. The summed E-state index contributed by atoms with van der Waals surface area (Å²) in [5, 5.41) is 1.03.